The molecule has 0 aliphatic carbocycles. The van der Waals surface area contributed by atoms with E-state index in [0.29, 0.717) is 5.56 Å². The Morgan fingerprint density at radius 3 is 2.52 bits per heavy atom. The van der Waals surface area contributed by atoms with Crippen LogP contribution in [0.1, 0.15) is 29.8 Å². The third-order valence-electron chi connectivity index (χ3n) is 2.69. The van der Waals surface area contributed by atoms with Crippen molar-refractivity contribution in [3.05, 3.63) is 29.3 Å². The molecule has 1 aromatic rings. The van der Waals surface area contributed by atoms with Crippen molar-refractivity contribution in [3.63, 3.8) is 0 Å². The summed E-state index contributed by atoms with van der Waals surface area (Å²) in [6.45, 7) is 4.57. The van der Waals surface area contributed by atoms with Gasteiger partial charge in [-0.15, -0.1) is 0 Å². The third kappa shape index (κ3) is 4.27. The van der Waals surface area contributed by atoms with Crippen molar-refractivity contribution < 1.29 is 27.9 Å². The highest BCUT2D eigenvalue weighted by Crippen LogP contribution is 2.18. The second-order valence-electron chi connectivity index (χ2n) is 4.38. The number of hydrogen-bond donors (Lipinski definition) is 2. The summed E-state index contributed by atoms with van der Waals surface area (Å²) in [4.78, 5) is 22.2. The Kier molecular flexibility index (Phi) is 5.45. The van der Waals surface area contributed by atoms with Crippen LogP contribution in [-0.4, -0.2) is 38.1 Å². The van der Waals surface area contributed by atoms with Gasteiger partial charge in [0.25, 0.3) is 0 Å². The number of aryl methyl sites for hydroxylation is 1. The molecule has 0 heterocycles. The fourth-order valence-electron chi connectivity index (χ4n) is 1.58. The van der Waals surface area contributed by atoms with E-state index in [9.17, 15) is 18.0 Å². The Hall–Kier alpha value is -1.93. The van der Waals surface area contributed by atoms with E-state index in [1.54, 1.807) is 13.8 Å². The molecule has 116 valence electrons. The van der Waals surface area contributed by atoms with E-state index in [2.05, 4.69) is 0 Å². The van der Waals surface area contributed by atoms with Gasteiger partial charge in [0.2, 0.25) is 10.0 Å². The standard InChI is InChI=1S/C13H17NO6S/c1-4-20-13(17)10-6-5-8(2)11(7-10)21(18,19)14-9(3)12(15)16/h5-7,9,14H,4H2,1-3H3,(H,15,16). The number of sulfonamides is 1. The van der Waals surface area contributed by atoms with Gasteiger partial charge in [0, 0.05) is 0 Å². The normalized spacial score (nSPS) is 12.7. The lowest BCUT2D eigenvalue weighted by Crippen LogP contribution is -2.38. The lowest BCUT2D eigenvalue weighted by molar-refractivity contribution is -0.138. The van der Waals surface area contributed by atoms with Crippen LogP contribution >= 0.6 is 0 Å². The number of carboxylic acids is 1. The number of carboxylic acid groups (broad SMARTS) is 1. The fourth-order valence-corrected chi connectivity index (χ4v) is 3.04. The number of carbonyl (C=O) groups excluding carboxylic acids is 1. The van der Waals surface area contributed by atoms with Gasteiger partial charge in [-0.2, -0.15) is 4.72 Å². The minimum absolute atomic E-state index is 0.0887. The zero-order chi connectivity index (χ0) is 16.2. The summed E-state index contributed by atoms with van der Waals surface area (Å²) in [5.41, 5.74) is 0.485. The number of esters is 1. The number of rotatable bonds is 6. The molecule has 1 atom stereocenters. The van der Waals surface area contributed by atoms with E-state index in [1.165, 1.54) is 25.1 Å². The van der Waals surface area contributed by atoms with Crippen LogP contribution in [0.25, 0.3) is 0 Å². The van der Waals surface area contributed by atoms with E-state index >= 15 is 0 Å². The molecule has 2 N–H and O–H groups in total. The van der Waals surface area contributed by atoms with E-state index in [4.69, 9.17) is 9.84 Å². The molecule has 0 radical (unpaired) electrons. The predicted octanol–water partition coefficient (Wildman–Crippen LogP) is 0.923. The molecule has 0 spiro atoms. The number of benzene rings is 1. The fraction of sp³-hybridized carbons (Fsp3) is 0.385. The summed E-state index contributed by atoms with van der Waals surface area (Å²) >= 11 is 0. The molecule has 0 saturated heterocycles. The molecule has 7 nitrogen and oxygen atoms in total. The van der Waals surface area contributed by atoms with Crippen LogP contribution in [0.3, 0.4) is 0 Å². The maximum absolute atomic E-state index is 12.2. The summed E-state index contributed by atoms with van der Waals surface area (Å²) in [7, 11) is -4.04. The monoisotopic (exact) mass is 315 g/mol. The maximum atomic E-state index is 12.2. The van der Waals surface area contributed by atoms with E-state index < -0.39 is 28.0 Å². The molecule has 8 heteroatoms. The molecule has 1 unspecified atom stereocenters. The van der Waals surface area contributed by atoms with Crippen molar-refractivity contribution in [2.24, 2.45) is 0 Å². The number of ether oxygens (including phenoxy) is 1. The lowest BCUT2D eigenvalue weighted by Gasteiger charge is -2.13. The van der Waals surface area contributed by atoms with E-state index in [1.807, 2.05) is 4.72 Å². The largest absolute Gasteiger partial charge is 0.480 e. The molecular weight excluding hydrogens is 298 g/mol. The Morgan fingerprint density at radius 2 is 2.00 bits per heavy atom. The van der Waals surface area contributed by atoms with Gasteiger partial charge in [0.05, 0.1) is 17.1 Å². The maximum Gasteiger partial charge on any atom is 0.338 e. The summed E-state index contributed by atoms with van der Waals surface area (Å²) in [6.07, 6.45) is 0. The van der Waals surface area contributed by atoms with Crippen molar-refractivity contribution in [2.45, 2.75) is 31.7 Å². The molecule has 0 aliphatic heterocycles. The third-order valence-corrected chi connectivity index (χ3v) is 4.37. The highest BCUT2D eigenvalue weighted by atomic mass is 32.2. The highest BCUT2D eigenvalue weighted by Gasteiger charge is 2.24. The minimum Gasteiger partial charge on any atom is -0.480 e. The number of hydrogen-bond acceptors (Lipinski definition) is 5. The van der Waals surface area contributed by atoms with Crippen LogP contribution in [0.4, 0.5) is 0 Å². The Labute approximate surface area is 123 Å². The molecule has 0 bridgehead atoms. The molecule has 0 aromatic heterocycles. The Bertz CT molecular complexity index is 653. The van der Waals surface area contributed by atoms with Gasteiger partial charge in [-0.3, -0.25) is 4.79 Å². The molecule has 0 aliphatic rings. The summed E-state index contributed by atoms with van der Waals surface area (Å²) in [5, 5.41) is 8.77. The van der Waals surface area contributed by atoms with Crippen LogP contribution in [0.15, 0.2) is 23.1 Å². The molecule has 0 saturated carbocycles. The summed E-state index contributed by atoms with van der Waals surface area (Å²) in [5.74, 6) is -1.93. The van der Waals surface area contributed by atoms with Crippen molar-refractivity contribution in [3.8, 4) is 0 Å². The Morgan fingerprint density at radius 1 is 1.38 bits per heavy atom. The first-order valence-electron chi connectivity index (χ1n) is 6.22. The van der Waals surface area contributed by atoms with Crippen LogP contribution in [-0.2, 0) is 19.6 Å². The van der Waals surface area contributed by atoms with Gasteiger partial charge < -0.3 is 9.84 Å². The van der Waals surface area contributed by atoms with Crippen LogP contribution < -0.4 is 4.72 Å². The van der Waals surface area contributed by atoms with Crippen molar-refractivity contribution in [2.75, 3.05) is 6.61 Å². The first kappa shape index (κ1) is 17.1. The minimum atomic E-state index is -4.04. The van der Waals surface area contributed by atoms with E-state index in [-0.39, 0.29) is 17.1 Å². The van der Waals surface area contributed by atoms with Gasteiger partial charge in [-0.25, -0.2) is 13.2 Å². The number of nitrogens with one attached hydrogen (secondary N) is 1. The molecule has 21 heavy (non-hydrogen) atoms. The summed E-state index contributed by atoms with van der Waals surface area (Å²) in [6, 6.07) is 2.81. The highest BCUT2D eigenvalue weighted by molar-refractivity contribution is 7.89. The molecule has 0 amide bonds. The Balaban J connectivity index is 3.19. The van der Waals surface area contributed by atoms with Gasteiger partial charge >= 0.3 is 11.9 Å². The molecular formula is C13H17NO6S. The quantitative estimate of drug-likeness (QED) is 0.756. The van der Waals surface area contributed by atoms with Gasteiger partial charge in [-0.1, -0.05) is 6.07 Å². The zero-order valence-electron chi connectivity index (χ0n) is 11.9. The second-order valence-corrected chi connectivity index (χ2v) is 6.06. The number of aliphatic carboxylic acids is 1. The van der Waals surface area contributed by atoms with Crippen molar-refractivity contribution in [1.29, 1.82) is 0 Å². The van der Waals surface area contributed by atoms with Gasteiger partial charge in [-0.05, 0) is 38.5 Å². The lowest BCUT2D eigenvalue weighted by atomic mass is 10.1. The average molecular weight is 315 g/mol. The first-order chi connectivity index (χ1) is 9.69. The summed E-state index contributed by atoms with van der Waals surface area (Å²) < 4.78 is 31.2. The van der Waals surface area contributed by atoms with Crippen LogP contribution in [0, 0.1) is 6.92 Å². The van der Waals surface area contributed by atoms with E-state index in [0.717, 1.165) is 0 Å². The van der Waals surface area contributed by atoms with Crippen LogP contribution in [0.2, 0.25) is 0 Å². The topological polar surface area (TPSA) is 110 Å². The van der Waals surface area contributed by atoms with Crippen LogP contribution in [0.5, 0.6) is 0 Å². The average Bonchev–Trinajstić information content (AvgIpc) is 2.38. The number of carbonyl (C=O) groups is 2. The van der Waals surface area contributed by atoms with Crippen molar-refractivity contribution in [1.82, 2.24) is 4.72 Å². The van der Waals surface area contributed by atoms with Crippen molar-refractivity contribution >= 4 is 22.0 Å². The zero-order valence-corrected chi connectivity index (χ0v) is 12.7. The predicted molar refractivity (Wildman–Crippen MR) is 74.6 cm³/mol. The SMILES string of the molecule is CCOC(=O)c1ccc(C)c(S(=O)(=O)NC(C)C(=O)O)c1. The second kappa shape index (κ2) is 6.68. The molecule has 1 rings (SSSR count). The van der Waals surface area contributed by atoms with Gasteiger partial charge in [0.1, 0.15) is 6.04 Å². The molecule has 1 aromatic carbocycles. The molecule has 0 fully saturated rings. The van der Waals surface area contributed by atoms with Gasteiger partial charge in [0.15, 0.2) is 0 Å². The smallest absolute Gasteiger partial charge is 0.338 e. The first-order valence-corrected chi connectivity index (χ1v) is 7.70.